The Bertz CT molecular complexity index is 915. The van der Waals surface area contributed by atoms with Gasteiger partial charge in [-0.1, -0.05) is 36.4 Å². The summed E-state index contributed by atoms with van der Waals surface area (Å²) in [7, 11) is -2.72. The predicted octanol–water partition coefficient (Wildman–Crippen LogP) is 5.11. The summed E-state index contributed by atoms with van der Waals surface area (Å²) in [6.45, 7) is 12.5. The summed E-state index contributed by atoms with van der Waals surface area (Å²) in [5.41, 5.74) is 4.62. The van der Waals surface area contributed by atoms with Crippen LogP contribution in [0.25, 0.3) is 0 Å². The van der Waals surface area contributed by atoms with Crippen molar-refractivity contribution in [1.29, 1.82) is 0 Å². The van der Waals surface area contributed by atoms with Gasteiger partial charge >= 0.3 is 9.15 Å². The number of para-hydroxylation sites is 2. The molecular weight excluding hydrogens is 508 g/mol. The maximum Gasteiger partial charge on any atom is 0.322 e. The Morgan fingerprint density at radius 3 is 1.59 bits per heavy atom. The number of unbranched alkanes of at least 4 members (excludes halogenated alkanes) is 2. The van der Waals surface area contributed by atoms with Crippen molar-refractivity contribution in [3.8, 4) is 11.5 Å². The van der Waals surface area contributed by atoms with Crippen molar-refractivity contribution < 1.29 is 22.1 Å². The van der Waals surface area contributed by atoms with Crippen LogP contribution in [0.3, 0.4) is 0 Å². The molecule has 0 spiro atoms. The van der Waals surface area contributed by atoms with Gasteiger partial charge in [-0.3, -0.25) is 4.18 Å². The molecule has 37 heavy (non-hydrogen) atoms. The third-order valence-corrected chi connectivity index (χ3v) is 8.59. The summed E-state index contributed by atoms with van der Waals surface area (Å²) in [5, 5.41) is 6.50. The summed E-state index contributed by atoms with van der Waals surface area (Å²) in [6.07, 6.45) is 3.81. The summed E-state index contributed by atoms with van der Waals surface area (Å²) in [6, 6.07) is 12.3. The van der Waals surface area contributed by atoms with E-state index in [1.165, 1.54) is 0 Å². The summed E-state index contributed by atoms with van der Waals surface area (Å²) in [4.78, 5) is 0. The molecule has 0 aromatic heterocycles. The van der Waals surface area contributed by atoms with Crippen molar-refractivity contribution >= 4 is 19.9 Å². The van der Waals surface area contributed by atoms with E-state index in [1.54, 1.807) is 0 Å². The van der Waals surface area contributed by atoms with E-state index in [2.05, 4.69) is 62.6 Å². The topological polar surface area (TPSA) is 85.9 Å². The fourth-order valence-corrected chi connectivity index (χ4v) is 5.88. The minimum absolute atomic E-state index is 0.141. The van der Waals surface area contributed by atoms with Gasteiger partial charge in [-0.05, 0) is 99.5 Å². The van der Waals surface area contributed by atoms with Gasteiger partial charge in [0.25, 0.3) is 0 Å². The van der Waals surface area contributed by atoms with Gasteiger partial charge in [0.1, 0.15) is 11.5 Å². The Morgan fingerprint density at radius 1 is 0.649 bits per heavy atom. The minimum atomic E-state index is -3.57. The van der Waals surface area contributed by atoms with Crippen LogP contribution < -0.4 is 20.1 Å². The predicted molar refractivity (Wildman–Crippen MR) is 154 cm³/mol. The summed E-state index contributed by atoms with van der Waals surface area (Å²) >= 11 is 0. The zero-order chi connectivity index (χ0) is 26.9. The maximum atomic E-state index is 12.0. The smallest absolute Gasteiger partial charge is 0.322 e. The number of hydrogen-bond acceptors (Lipinski definition) is 8. The van der Waals surface area contributed by atoms with Gasteiger partial charge in [0.2, 0.25) is 0 Å². The summed E-state index contributed by atoms with van der Waals surface area (Å²) in [5.74, 6) is 2.40. The van der Waals surface area contributed by atoms with Gasteiger partial charge in [-0.25, -0.2) is 0 Å². The van der Waals surface area contributed by atoms with Crippen LogP contribution in [0.5, 0.6) is 11.5 Å². The van der Waals surface area contributed by atoms with Crippen LogP contribution in [0.15, 0.2) is 36.4 Å². The number of hydrogen-bond donors (Lipinski definition) is 2. The molecule has 0 saturated heterocycles. The second-order valence-electron chi connectivity index (χ2n) is 9.11. The number of nitrogens with one attached hydrogen (secondary N) is 2. The first kappa shape index (κ1) is 31.4. The van der Waals surface area contributed by atoms with Crippen molar-refractivity contribution in [2.24, 2.45) is 0 Å². The maximum absolute atomic E-state index is 12.0. The number of ether oxygens (including phenoxy) is 2. The average Bonchev–Trinajstić information content (AvgIpc) is 2.85. The highest BCUT2D eigenvalue weighted by atomic mass is 33.1. The second-order valence-corrected chi connectivity index (χ2v) is 12.7. The van der Waals surface area contributed by atoms with E-state index in [4.69, 9.17) is 13.7 Å². The minimum Gasteiger partial charge on any atom is -0.493 e. The molecule has 9 heteroatoms. The molecule has 0 saturated carbocycles. The zero-order valence-electron chi connectivity index (χ0n) is 22.8. The van der Waals surface area contributed by atoms with E-state index in [-0.39, 0.29) is 6.61 Å². The van der Waals surface area contributed by atoms with E-state index in [1.807, 2.05) is 12.1 Å². The molecule has 2 rings (SSSR count). The highest BCUT2D eigenvalue weighted by molar-refractivity contribution is 8.70. The van der Waals surface area contributed by atoms with Crippen molar-refractivity contribution in [3.63, 3.8) is 0 Å². The molecule has 0 heterocycles. The van der Waals surface area contributed by atoms with E-state index >= 15 is 0 Å². The van der Waals surface area contributed by atoms with Crippen molar-refractivity contribution in [2.75, 3.05) is 51.8 Å². The quantitative estimate of drug-likeness (QED) is 0.173. The Labute approximate surface area is 227 Å². The lowest BCUT2D eigenvalue weighted by molar-refractivity contribution is 0.298. The molecule has 0 atom stereocenters. The van der Waals surface area contributed by atoms with Crippen molar-refractivity contribution in [1.82, 2.24) is 10.6 Å². The molecule has 0 fully saturated rings. The lowest BCUT2D eigenvalue weighted by Crippen LogP contribution is -2.23. The van der Waals surface area contributed by atoms with Crippen LogP contribution in [0.2, 0.25) is 0 Å². The van der Waals surface area contributed by atoms with Gasteiger partial charge in [0.05, 0.1) is 19.8 Å². The van der Waals surface area contributed by atoms with E-state index in [0.717, 1.165) is 83.3 Å². The van der Waals surface area contributed by atoms with Crippen molar-refractivity contribution in [3.05, 3.63) is 58.7 Å². The fraction of sp³-hybridized carbons (Fsp3) is 0.571. The third-order valence-electron chi connectivity index (χ3n) is 5.82. The molecular formula is C28H44N2O5S2. The standard InChI is InChI=1S/C28H44N2O5S2/c1-23-11-9-12-24(2)27(23)33-19-7-5-15-29-17-21-35-37(31,32)36-22-18-30-16-6-8-20-34-28-25(3)13-10-14-26(28)4/h9-14,29-30H,5-8,15-22H2,1-4H3. The summed E-state index contributed by atoms with van der Waals surface area (Å²) < 4.78 is 40.9. The molecule has 7 nitrogen and oxygen atoms in total. The fourth-order valence-electron chi connectivity index (χ4n) is 3.82. The van der Waals surface area contributed by atoms with Gasteiger partial charge < -0.3 is 20.1 Å². The largest absolute Gasteiger partial charge is 0.493 e. The first-order valence-electron chi connectivity index (χ1n) is 13.1. The van der Waals surface area contributed by atoms with Crippen molar-refractivity contribution in [2.45, 2.75) is 53.4 Å². The lowest BCUT2D eigenvalue weighted by atomic mass is 10.1. The van der Waals surface area contributed by atoms with Gasteiger partial charge in [-0.2, -0.15) is 8.42 Å². The molecule has 2 aromatic carbocycles. The van der Waals surface area contributed by atoms with Crippen LogP contribution in [0.1, 0.15) is 47.9 Å². The normalized spacial score (nSPS) is 11.6. The highest BCUT2D eigenvalue weighted by Crippen LogP contribution is 2.23. The zero-order valence-corrected chi connectivity index (χ0v) is 24.4. The number of benzene rings is 2. The van der Waals surface area contributed by atoms with Gasteiger partial charge in [0.15, 0.2) is 0 Å². The monoisotopic (exact) mass is 552 g/mol. The van der Waals surface area contributed by atoms with Crippen LogP contribution >= 0.6 is 10.8 Å². The van der Waals surface area contributed by atoms with E-state index in [0.29, 0.717) is 32.1 Å². The molecule has 0 aliphatic heterocycles. The van der Waals surface area contributed by atoms with E-state index in [9.17, 15) is 8.42 Å². The number of rotatable bonds is 20. The lowest BCUT2D eigenvalue weighted by Gasteiger charge is -2.12. The Morgan fingerprint density at radius 2 is 1.11 bits per heavy atom. The Hall–Kier alpha value is -1.78. The number of aryl methyl sites for hydroxylation is 4. The van der Waals surface area contributed by atoms with Crippen LogP contribution in [0.4, 0.5) is 0 Å². The molecule has 2 aromatic rings. The molecule has 0 unspecified atom stereocenters. The molecule has 0 bridgehead atoms. The highest BCUT2D eigenvalue weighted by Gasteiger charge is 2.11. The molecule has 2 N–H and O–H groups in total. The van der Waals surface area contributed by atoms with Gasteiger partial charge in [-0.15, -0.1) is 0 Å². The molecule has 0 aliphatic carbocycles. The van der Waals surface area contributed by atoms with E-state index < -0.39 is 9.15 Å². The SMILES string of the molecule is Cc1cccc(C)c1OCCCCNCCOS(=O)(=O)SCCNCCCCOc1c(C)cccc1C. The first-order valence-corrected chi connectivity index (χ1v) is 16.0. The Kier molecular flexibility index (Phi) is 15.0. The average molecular weight is 553 g/mol. The Balaban J connectivity index is 1.39. The third kappa shape index (κ3) is 13.0. The van der Waals surface area contributed by atoms with Gasteiger partial charge in [0, 0.05) is 18.8 Å². The second kappa shape index (κ2) is 17.7. The van der Waals surface area contributed by atoms with Crippen LogP contribution in [0, 0.1) is 27.7 Å². The molecule has 0 aliphatic rings. The molecule has 208 valence electrons. The molecule has 0 radical (unpaired) electrons. The van der Waals surface area contributed by atoms with Crippen LogP contribution in [-0.2, 0) is 13.3 Å². The van der Waals surface area contributed by atoms with Crippen LogP contribution in [-0.4, -0.2) is 60.2 Å². The first-order chi connectivity index (χ1) is 17.8. The molecule has 0 amide bonds.